The largest absolute Gasteiger partial charge is 0.494 e. The number of benzene rings is 2. The van der Waals surface area contributed by atoms with Crippen molar-refractivity contribution >= 4 is 35.0 Å². The van der Waals surface area contributed by atoms with Crippen LogP contribution >= 0.6 is 0 Å². The highest BCUT2D eigenvalue weighted by Crippen LogP contribution is 2.37. The van der Waals surface area contributed by atoms with Crippen molar-refractivity contribution in [1.82, 2.24) is 15.1 Å². The summed E-state index contributed by atoms with van der Waals surface area (Å²) < 4.78 is 16.8. The second-order valence-corrected chi connectivity index (χ2v) is 8.96. The van der Waals surface area contributed by atoms with Gasteiger partial charge in [0.05, 0.1) is 42.8 Å². The summed E-state index contributed by atoms with van der Waals surface area (Å²) in [4.78, 5) is 53.5. The van der Waals surface area contributed by atoms with Crippen LogP contribution in [-0.4, -0.2) is 86.0 Å². The van der Waals surface area contributed by atoms with E-state index in [4.69, 9.17) is 14.2 Å². The number of hydrogen-bond donors (Lipinski definition) is 2. The number of morpholine rings is 1. The molecule has 194 valence electrons. The third-order valence-electron chi connectivity index (χ3n) is 6.69. The average Bonchev–Trinajstić information content (AvgIpc) is 3.16. The number of amides is 4. The zero-order valence-electron chi connectivity index (χ0n) is 20.5. The van der Waals surface area contributed by atoms with Gasteiger partial charge in [-0.1, -0.05) is 6.07 Å². The van der Waals surface area contributed by atoms with E-state index in [1.165, 1.54) is 7.11 Å². The highest BCUT2D eigenvalue weighted by atomic mass is 16.5. The Labute approximate surface area is 213 Å². The van der Waals surface area contributed by atoms with Gasteiger partial charge in [0.1, 0.15) is 24.1 Å². The number of piperidine rings is 1. The van der Waals surface area contributed by atoms with Crippen molar-refractivity contribution in [3.05, 3.63) is 47.5 Å². The minimum atomic E-state index is -1.03. The first-order valence-corrected chi connectivity index (χ1v) is 12.2. The molecule has 1 atom stereocenters. The molecule has 2 N–H and O–H groups in total. The molecule has 5 rings (SSSR count). The van der Waals surface area contributed by atoms with Gasteiger partial charge >= 0.3 is 0 Å². The van der Waals surface area contributed by atoms with Crippen LogP contribution in [0.25, 0.3) is 0 Å². The third kappa shape index (κ3) is 5.00. The number of hydrogen-bond acceptors (Lipinski definition) is 9. The average molecular weight is 509 g/mol. The molecular formula is C26H28N4O7. The predicted octanol–water partition coefficient (Wildman–Crippen LogP) is 1.55. The number of fused-ring (bicyclic) bond motifs is 1. The van der Waals surface area contributed by atoms with Crippen LogP contribution in [0.15, 0.2) is 36.4 Å². The summed E-state index contributed by atoms with van der Waals surface area (Å²) in [6.07, 6.45) is 0.159. The fourth-order valence-corrected chi connectivity index (χ4v) is 4.75. The van der Waals surface area contributed by atoms with Crippen LogP contribution in [0.2, 0.25) is 0 Å². The molecule has 2 saturated heterocycles. The van der Waals surface area contributed by atoms with Crippen molar-refractivity contribution in [2.75, 3.05) is 51.9 Å². The van der Waals surface area contributed by atoms with E-state index < -0.39 is 29.7 Å². The van der Waals surface area contributed by atoms with Gasteiger partial charge in [0, 0.05) is 32.1 Å². The molecule has 0 saturated carbocycles. The van der Waals surface area contributed by atoms with Crippen LogP contribution in [0.1, 0.15) is 33.6 Å². The minimum absolute atomic E-state index is 0.0625. The van der Waals surface area contributed by atoms with Crippen LogP contribution in [0.4, 0.5) is 11.4 Å². The van der Waals surface area contributed by atoms with E-state index in [9.17, 15) is 19.2 Å². The van der Waals surface area contributed by atoms with Gasteiger partial charge < -0.3 is 19.5 Å². The normalized spacial score (nSPS) is 20.0. The standard InChI is InChI=1S/C26H28N4O7/c1-35-21-15-16(37-14-11-29-9-12-36-13-10-29)5-6-18(21)27-19-4-2-3-17-23(19)26(34)30(25(17)33)20-7-8-22(31)28-24(20)32/h2-6,15,20,27H,7-14H2,1H3,(H,28,31,32). The number of nitrogens with one attached hydrogen (secondary N) is 2. The monoisotopic (exact) mass is 508 g/mol. The van der Waals surface area contributed by atoms with Gasteiger partial charge in [0.15, 0.2) is 0 Å². The van der Waals surface area contributed by atoms with Crippen molar-refractivity contribution in [3.8, 4) is 11.5 Å². The molecular weight excluding hydrogens is 480 g/mol. The molecule has 11 nitrogen and oxygen atoms in total. The third-order valence-corrected chi connectivity index (χ3v) is 6.69. The maximum atomic E-state index is 13.3. The van der Waals surface area contributed by atoms with E-state index in [1.807, 2.05) is 0 Å². The molecule has 3 aliphatic heterocycles. The van der Waals surface area contributed by atoms with Crippen LogP contribution in [0, 0.1) is 0 Å². The fourth-order valence-electron chi connectivity index (χ4n) is 4.75. The molecule has 0 radical (unpaired) electrons. The molecule has 2 aromatic rings. The Hall–Kier alpha value is -3.96. The Morgan fingerprint density at radius 1 is 1.05 bits per heavy atom. The number of anilines is 2. The Kier molecular flexibility index (Phi) is 7.06. The summed E-state index contributed by atoms with van der Waals surface area (Å²) in [5.41, 5.74) is 1.35. The van der Waals surface area contributed by atoms with E-state index in [2.05, 4.69) is 15.5 Å². The predicted molar refractivity (Wildman–Crippen MR) is 132 cm³/mol. The second-order valence-electron chi connectivity index (χ2n) is 8.96. The Bertz CT molecular complexity index is 1240. The number of ether oxygens (including phenoxy) is 3. The molecule has 1 unspecified atom stereocenters. The second kappa shape index (κ2) is 10.6. The number of carbonyl (C=O) groups excluding carboxylic acids is 4. The molecule has 2 aromatic carbocycles. The lowest BCUT2D eigenvalue weighted by molar-refractivity contribution is -0.136. The molecule has 2 fully saturated rings. The van der Waals surface area contributed by atoms with Crippen molar-refractivity contribution in [1.29, 1.82) is 0 Å². The number of carbonyl (C=O) groups is 4. The first-order valence-electron chi connectivity index (χ1n) is 12.2. The molecule has 37 heavy (non-hydrogen) atoms. The first kappa shape index (κ1) is 24.7. The van der Waals surface area contributed by atoms with Gasteiger partial charge in [0.25, 0.3) is 11.8 Å². The van der Waals surface area contributed by atoms with Gasteiger partial charge in [-0.05, 0) is 30.7 Å². The van der Waals surface area contributed by atoms with Crippen molar-refractivity contribution in [2.45, 2.75) is 18.9 Å². The number of rotatable bonds is 8. The van der Waals surface area contributed by atoms with E-state index in [0.717, 1.165) is 37.7 Å². The Morgan fingerprint density at radius 2 is 1.86 bits per heavy atom. The number of methoxy groups -OCH3 is 1. The van der Waals surface area contributed by atoms with E-state index in [-0.39, 0.29) is 24.0 Å². The van der Waals surface area contributed by atoms with E-state index in [1.54, 1.807) is 36.4 Å². The SMILES string of the molecule is COc1cc(OCCN2CCOCC2)ccc1Nc1cccc2c1C(=O)N(C1CCC(=O)NC1=O)C2=O. The van der Waals surface area contributed by atoms with Crippen molar-refractivity contribution in [2.24, 2.45) is 0 Å². The van der Waals surface area contributed by atoms with Crippen LogP contribution in [0.5, 0.6) is 11.5 Å². The van der Waals surface area contributed by atoms with Gasteiger partial charge in [-0.3, -0.25) is 34.3 Å². The summed E-state index contributed by atoms with van der Waals surface area (Å²) >= 11 is 0. The molecule has 11 heteroatoms. The van der Waals surface area contributed by atoms with Crippen molar-refractivity contribution in [3.63, 3.8) is 0 Å². The topological polar surface area (TPSA) is 127 Å². The molecule has 0 aliphatic carbocycles. The van der Waals surface area contributed by atoms with E-state index in [0.29, 0.717) is 29.5 Å². The minimum Gasteiger partial charge on any atom is -0.494 e. The van der Waals surface area contributed by atoms with Gasteiger partial charge in [-0.2, -0.15) is 0 Å². The number of imide groups is 2. The molecule has 0 bridgehead atoms. The fraction of sp³-hybridized carbons (Fsp3) is 0.385. The molecule has 3 heterocycles. The van der Waals surface area contributed by atoms with Crippen LogP contribution in [-0.2, 0) is 14.3 Å². The van der Waals surface area contributed by atoms with Gasteiger partial charge in [0.2, 0.25) is 11.8 Å². The zero-order valence-corrected chi connectivity index (χ0v) is 20.5. The lowest BCUT2D eigenvalue weighted by atomic mass is 10.0. The van der Waals surface area contributed by atoms with Crippen LogP contribution < -0.4 is 20.1 Å². The Morgan fingerprint density at radius 3 is 2.62 bits per heavy atom. The highest BCUT2D eigenvalue weighted by molar-refractivity contribution is 6.25. The summed E-state index contributed by atoms with van der Waals surface area (Å²) in [7, 11) is 1.53. The maximum Gasteiger partial charge on any atom is 0.264 e. The molecule has 4 amide bonds. The summed E-state index contributed by atoms with van der Waals surface area (Å²) in [5.74, 6) is -1.06. The quantitative estimate of drug-likeness (QED) is 0.511. The smallest absolute Gasteiger partial charge is 0.264 e. The lowest BCUT2D eigenvalue weighted by Crippen LogP contribution is -2.54. The lowest BCUT2D eigenvalue weighted by Gasteiger charge is -2.27. The summed E-state index contributed by atoms with van der Waals surface area (Å²) in [6, 6.07) is 9.21. The zero-order chi connectivity index (χ0) is 25.9. The van der Waals surface area contributed by atoms with Crippen molar-refractivity contribution < 1.29 is 33.4 Å². The van der Waals surface area contributed by atoms with Crippen LogP contribution in [0.3, 0.4) is 0 Å². The van der Waals surface area contributed by atoms with E-state index >= 15 is 0 Å². The maximum absolute atomic E-state index is 13.3. The molecule has 0 aromatic heterocycles. The molecule has 3 aliphatic rings. The first-order chi connectivity index (χ1) is 18.0. The number of nitrogens with zero attached hydrogens (tertiary/aromatic N) is 2. The van der Waals surface area contributed by atoms with Gasteiger partial charge in [-0.25, -0.2) is 0 Å². The molecule has 0 spiro atoms. The van der Waals surface area contributed by atoms with Gasteiger partial charge in [-0.15, -0.1) is 0 Å². The summed E-state index contributed by atoms with van der Waals surface area (Å²) in [5, 5.41) is 5.40. The highest BCUT2D eigenvalue weighted by Gasteiger charge is 2.45. The Balaban J connectivity index is 1.32. The summed E-state index contributed by atoms with van der Waals surface area (Å²) in [6.45, 7) is 4.56.